The van der Waals surface area contributed by atoms with E-state index in [1.165, 1.54) is 33.6 Å². The molecule has 9 heteroatoms. The smallest absolute Gasteiger partial charge is 0.330 e. The molecule has 7 nitrogen and oxygen atoms in total. The third kappa shape index (κ3) is 2.16. The first-order valence-electron chi connectivity index (χ1n) is 8.01. The Morgan fingerprint density at radius 3 is 2.23 bits per heavy atom. The van der Waals surface area contributed by atoms with E-state index >= 15 is 0 Å². The van der Waals surface area contributed by atoms with Crippen molar-refractivity contribution in [3.8, 4) is 0 Å². The van der Waals surface area contributed by atoms with E-state index in [-0.39, 0.29) is 0 Å². The molecule has 136 valence electrons. The summed E-state index contributed by atoms with van der Waals surface area (Å²) < 4.78 is 4.33. The van der Waals surface area contributed by atoms with E-state index in [9.17, 15) is 19.2 Å². The third-order valence-electron chi connectivity index (χ3n) is 4.88. The van der Waals surface area contributed by atoms with Gasteiger partial charge in [0.05, 0.1) is 23.0 Å². The third-order valence-corrected chi connectivity index (χ3v) is 8.48. The molecule has 3 amide bonds. The van der Waals surface area contributed by atoms with Crippen LogP contribution in [0, 0.1) is 0 Å². The van der Waals surface area contributed by atoms with Gasteiger partial charge in [-0.3, -0.25) is 19.3 Å². The molecule has 3 heterocycles. The molecule has 26 heavy (non-hydrogen) atoms. The van der Waals surface area contributed by atoms with Gasteiger partial charge in [0.1, 0.15) is 17.5 Å². The number of carbonyl (C=O) groups excluding carboxylic acids is 4. The molecule has 3 atom stereocenters. The Labute approximate surface area is 157 Å². The van der Waals surface area contributed by atoms with Gasteiger partial charge in [-0.15, -0.1) is 0 Å². The summed E-state index contributed by atoms with van der Waals surface area (Å²) in [4.78, 5) is 53.0. The number of fused-ring (bicyclic) bond motifs is 2. The zero-order valence-electron chi connectivity index (χ0n) is 14.3. The van der Waals surface area contributed by atoms with Crippen LogP contribution in [-0.2, 0) is 14.3 Å². The predicted molar refractivity (Wildman–Crippen MR) is 96.4 cm³/mol. The van der Waals surface area contributed by atoms with Crippen LogP contribution in [0.2, 0.25) is 0 Å². The molecule has 0 bridgehead atoms. The van der Waals surface area contributed by atoms with E-state index in [0.717, 1.165) is 4.90 Å². The Bertz CT molecular complexity index is 820. The molecule has 1 aromatic carbocycles. The maximum Gasteiger partial charge on any atom is 0.330 e. The summed E-state index contributed by atoms with van der Waals surface area (Å²) in [5.41, 5.74) is 0.615. The Morgan fingerprint density at radius 2 is 1.69 bits per heavy atom. The second-order valence-electron chi connectivity index (χ2n) is 6.82. The molecule has 0 spiro atoms. The summed E-state index contributed by atoms with van der Waals surface area (Å²) in [5.74, 6) is -1.83. The van der Waals surface area contributed by atoms with Gasteiger partial charge in [-0.05, 0) is 26.0 Å². The molecule has 3 aliphatic heterocycles. The highest BCUT2D eigenvalue weighted by Gasteiger charge is 2.64. The fourth-order valence-corrected chi connectivity index (χ4v) is 6.82. The van der Waals surface area contributed by atoms with Gasteiger partial charge in [-0.25, -0.2) is 4.79 Å². The molecule has 0 saturated carbocycles. The number of β-lactam (4-membered cyclic amide) rings is 1. The van der Waals surface area contributed by atoms with Crippen molar-refractivity contribution in [3.63, 3.8) is 0 Å². The average Bonchev–Trinajstić information content (AvgIpc) is 2.86. The Morgan fingerprint density at radius 1 is 1.12 bits per heavy atom. The zero-order chi connectivity index (χ0) is 18.8. The molecular formula is C17H16N2O5S2. The number of rotatable bonds is 2. The number of benzene rings is 1. The van der Waals surface area contributed by atoms with Gasteiger partial charge in [0.2, 0.25) is 0 Å². The second kappa shape index (κ2) is 5.75. The van der Waals surface area contributed by atoms with Crippen molar-refractivity contribution in [2.75, 3.05) is 7.11 Å². The summed E-state index contributed by atoms with van der Waals surface area (Å²) in [5, 5.41) is -0.466. The molecule has 2 fully saturated rings. The average molecular weight is 392 g/mol. The summed E-state index contributed by atoms with van der Waals surface area (Å²) in [6, 6.07) is 4.87. The van der Waals surface area contributed by atoms with Crippen LogP contribution in [-0.4, -0.2) is 62.8 Å². The Balaban J connectivity index is 1.66. The molecule has 3 unspecified atom stereocenters. The summed E-state index contributed by atoms with van der Waals surface area (Å²) in [6.45, 7) is 3.73. The standard InChI is InChI=1S/C17H16N2O5S2/c1-17(2)11(16(23)24-3)19-14(22)10(15(19)25-26-17)18-12(20)8-6-4-5-7-9(8)13(18)21/h4-7,10-11,15H,1-3H3. The minimum Gasteiger partial charge on any atom is -0.467 e. The minimum atomic E-state index is -0.900. The van der Waals surface area contributed by atoms with E-state index in [4.69, 9.17) is 4.74 Å². The number of hydrogen-bond acceptors (Lipinski definition) is 7. The molecule has 2 saturated heterocycles. The molecule has 0 aliphatic carbocycles. The van der Waals surface area contributed by atoms with Crippen molar-refractivity contribution >= 4 is 45.3 Å². The molecule has 3 aliphatic rings. The SMILES string of the molecule is COC(=O)C1N2C(=O)C(N3C(=O)c4ccccc4C3=O)C2SSC1(C)C. The number of nitrogens with zero attached hydrogens (tertiary/aromatic N) is 2. The topological polar surface area (TPSA) is 84.0 Å². The van der Waals surface area contributed by atoms with Crippen molar-refractivity contribution < 1.29 is 23.9 Å². The molecule has 0 radical (unpaired) electrons. The van der Waals surface area contributed by atoms with Gasteiger partial charge in [-0.2, -0.15) is 0 Å². The zero-order valence-corrected chi connectivity index (χ0v) is 15.9. The maximum atomic E-state index is 12.9. The predicted octanol–water partition coefficient (Wildman–Crippen LogP) is 1.53. The first kappa shape index (κ1) is 17.4. The van der Waals surface area contributed by atoms with Crippen molar-refractivity contribution in [1.29, 1.82) is 0 Å². The van der Waals surface area contributed by atoms with Crippen LogP contribution in [0.15, 0.2) is 24.3 Å². The highest BCUT2D eigenvalue weighted by molar-refractivity contribution is 8.77. The fraction of sp³-hybridized carbons (Fsp3) is 0.412. The van der Waals surface area contributed by atoms with Gasteiger partial charge in [0.25, 0.3) is 17.7 Å². The molecule has 1 aromatic rings. The van der Waals surface area contributed by atoms with Gasteiger partial charge in [0, 0.05) is 0 Å². The number of ether oxygens (including phenoxy) is 1. The van der Waals surface area contributed by atoms with Gasteiger partial charge >= 0.3 is 5.97 Å². The quantitative estimate of drug-likeness (QED) is 0.327. The molecule has 4 rings (SSSR count). The van der Waals surface area contributed by atoms with Crippen LogP contribution < -0.4 is 0 Å². The van der Waals surface area contributed by atoms with E-state index in [2.05, 4.69) is 0 Å². The highest BCUT2D eigenvalue weighted by Crippen LogP contribution is 2.55. The van der Waals surface area contributed by atoms with E-state index in [1.807, 2.05) is 13.8 Å². The monoisotopic (exact) mass is 392 g/mol. The maximum absolute atomic E-state index is 12.9. The largest absolute Gasteiger partial charge is 0.467 e. The first-order valence-corrected chi connectivity index (χ1v) is 10.2. The van der Waals surface area contributed by atoms with Crippen LogP contribution in [0.4, 0.5) is 0 Å². The number of esters is 1. The van der Waals surface area contributed by atoms with E-state index < -0.39 is 45.9 Å². The summed E-state index contributed by atoms with van der Waals surface area (Å²) in [7, 11) is 4.14. The summed E-state index contributed by atoms with van der Waals surface area (Å²) in [6.07, 6.45) is 0. The Kier molecular flexibility index (Phi) is 3.85. The Hall–Kier alpha value is -2.00. The van der Waals surface area contributed by atoms with Crippen LogP contribution in [0.5, 0.6) is 0 Å². The van der Waals surface area contributed by atoms with Crippen LogP contribution in [0.25, 0.3) is 0 Å². The lowest BCUT2D eigenvalue weighted by atomic mass is 9.94. The lowest BCUT2D eigenvalue weighted by Gasteiger charge is -2.57. The van der Waals surface area contributed by atoms with Crippen molar-refractivity contribution in [1.82, 2.24) is 9.80 Å². The molecule has 0 aromatic heterocycles. The van der Waals surface area contributed by atoms with Gasteiger partial charge < -0.3 is 9.64 Å². The summed E-state index contributed by atoms with van der Waals surface area (Å²) >= 11 is 0. The minimum absolute atomic E-state index is 0.307. The molecule has 0 N–H and O–H groups in total. The number of methoxy groups -OCH3 is 1. The lowest BCUT2D eigenvalue weighted by Crippen LogP contribution is -2.77. The van der Waals surface area contributed by atoms with Crippen LogP contribution >= 0.6 is 21.6 Å². The number of imide groups is 1. The number of carbonyl (C=O) groups is 4. The van der Waals surface area contributed by atoms with Crippen molar-refractivity contribution in [2.45, 2.75) is 36.1 Å². The van der Waals surface area contributed by atoms with Crippen molar-refractivity contribution in [2.24, 2.45) is 0 Å². The van der Waals surface area contributed by atoms with Crippen molar-refractivity contribution in [3.05, 3.63) is 35.4 Å². The van der Waals surface area contributed by atoms with Crippen LogP contribution in [0.3, 0.4) is 0 Å². The number of hydrogen-bond donors (Lipinski definition) is 0. The lowest BCUT2D eigenvalue weighted by molar-refractivity contribution is -0.166. The van der Waals surface area contributed by atoms with Gasteiger partial charge in [-0.1, -0.05) is 33.7 Å². The highest BCUT2D eigenvalue weighted by atomic mass is 33.1. The second-order valence-corrected chi connectivity index (χ2v) is 9.79. The molecular weight excluding hydrogens is 376 g/mol. The fourth-order valence-electron chi connectivity index (χ4n) is 3.60. The van der Waals surface area contributed by atoms with Gasteiger partial charge in [0.15, 0.2) is 0 Å². The first-order chi connectivity index (χ1) is 12.3. The van der Waals surface area contributed by atoms with Crippen LogP contribution in [0.1, 0.15) is 34.6 Å². The normalized spacial score (nSPS) is 29.2. The number of amides is 3. The van der Waals surface area contributed by atoms with E-state index in [0.29, 0.717) is 11.1 Å². The van der Waals surface area contributed by atoms with E-state index in [1.54, 1.807) is 24.3 Å².